The number of rotatable bonds is 4. The predicted octanol–water partition coefficient (Wildman–Crippen LogP) is 4.29. The summed E-state index contributed by atoms with van der Waals surface area (Å²) in [6.07, 6.45) is 7.79. The number of hydrogen-bond acceptors (Lipinski definition) is 2. The van der Waals surface area contributed by atoms with Gasteiger partial charge in [-0.2, -0.15) is 0 Å². The molecule has 1 aliphatic carbocycles. The number of carbonyl (C=O) groups excluding carboxylic acids is 1. The predicted molar refractivity (Wildman–Crippen MR) is 82.6 cm³/mol. The van der Waals surface area contributed by atoms with Crippen LogP contribution in [-0.2, 0) is 0 Å². The summed E-state index contributed by atoms with van der Waals surface area (Å²) in [5.74, 6) is 0.216. The summed E-state index contributed by atoms with van der Waals surface area (Å²) in [7, 11) is 2.09. The van der Waals surface area contributed by atoms with E-state index < -0.39 is 0 Å². The van der Waals surface area contributed by atoms with Gasteiger partial charge in [0.1, 0.15) is 0 Å². The van der Waals surface area contributed by atoms with Crippen LogP contribution in [0.25, 0.3) is 0 Å². The van der Waals surface area contributed by atoms with E-state index in [2.05, 4.69) is 27.9 Å². The van der Waals surface area contributed by atoms with E-state index >= 15 is 0 Å². The molecule has 0 amide bonds. The van der Waals surface area contributed by atoms with Crippen LogP contribution in [0, 0.1) is 0 Å². The Labute approximate surface area is 124 Å². The van der Waals surface area contributed by atoms with E-state index in [1.165, 1.54) is 38.5 Å². The summed E-state index contributed by atoms with van der Waals surface area (Å²) in [5.41, 5.74) is 0.801. The van der Waals surface area contributed by atoms with E-state index in [1.807, 2.05) is 24.3 Å². The molecule has 1 saturated carbocycles. The third-order valence-corrected chi connectivity index (χ3v) is 4.48. The van der Waals surface area contributed by atoms with Gasteiger partial charge in [0.15, 0.2) is 5.78 Å². The van der Waals surface area contributed by atoms with Gasteiger partial charge in [-0.3, -0.25) is 9.69 Å². The molecule has 104 valence electrons. The van der Waals surface area contributed by atoms with Crippen LogP contribution in [0.2, 0.25) is 0 Å². The fourth-order valence-electron chi connectivity index (χ4n) is 2.81. The molecule has 0 saturated heterocycles. The Balaban J connectivity index is 1.94. The average Bonchev–Trinajstić information content (AvgIpc) is 2.67. The molecular formula is C16H22BrNO. The normalized spacial score (nSPS) is 17.4. The highest BCUT2D eigenvalue weighted by Gasteiger charge is 2.19. The number of halogens is 1. The van der Waals surface area contributed by atoms with Crippen LogP contribution in [0.3, 0.4) is 0 Å². The smallest absolute Gasteiger partial charge is 0.176 e. The Morgan fingerprint density at radius 1 is 1.26 bits per heavy atom. The highest BCUT2D eigenvalue weighted by molar-refractivity contribution is 9.10. The van der Waals surface area contributed by atoms with E-state index in [1.54, 1.807) is 0 Å². The SMILES string of the molecule is CN(CC(=O)c1cccc(Br)c1)C1CCCCCC1. The third kappa shape index (κ3) is 4.43. The molecule has 3 heteroatoms. The molecule has 0 radical (unpaired) electrons. The van der Waals surface area contributed by atoms with Gasteiger partial charge in [-0.25, -0.2) is 0 Å². The van der Waals surface area contributed by atoms with Gasteiger partial charge in [-0.1, -0.05) is 53.7 Å². The fourth-order valence-corrected chi connectivity index (χ4v) is 3.21. The minimum Gasteiger partial charge on any atom is -0.296 e. The molecule has 1 aromatic carbocycles. The van der Waals surface area contributed by atoms with E-state index in [9.17, 15) is 4.79 Å². The molecule has 2 nitrogen and oxygen atoms in total. The summed E-state index contributed by atoms with van der Waals surface area (Å²) in [6, 6.07) is 8.25. The molecule has 2 rings (SSSR count). The molecule has 19 heavy (non-hydrogen) atoms. The van der Waals surface area contributed by atoms with Crippen LogP contribution in [0.4, 0.5) is 0 Å². The first-order valence-corrected chi connectivity index (χ1v) is 7.95. The van der Waals surface area contributed by atoms with Crippen molar-refractivity contribution in [2.75, 3.05) is 13.6 Å². The van der Waals surface area contributed by atoms with E-state index in [0.717, 1.165) is 10.0 Å². The number of nitrogens with zero attached hydrogens (tertiary/aromatic N) is 1. The van der Waals surface area contributed by atoms with Crippen molar-refractivity contribution in [2.45, 2.75) is 44.6 Å². The molecule has 0 heterocycles. The fraction of sp³-hybridized carbons (Fsp3) is 0.562. The summed E-state index contributed by atoms with van der Waals surface area (Å²) in [5, 5.41) is 0. The van der Waals surface area contributed by atoms with Crippen LogP contribution in [0.1, 0.15) is 48.9 Å². The zero-order chi connectivity index (χ0) is 13.7. The molecule has 0 aliphatic heterocycles. The highest BCUT2D eigenvalue weighted by atomic mass is 79.9. The Kier molecular flexibility index (Phi) is 5.59. The van der Waals surface area contributed by atoms with Crippen LogP contribution in [0.15, 0.2) is 28.7 Å². The molecule has 0 N–H and O–H groups in total. The maximum Gasteiger partial charge on any atom is 0.176 e. The molecular weight excluding hydrogens is 302 g/mol. The van der Waals surface area contributed by atoms with Crippen molar-refractivity contribution in [2.24, 2.45) is 0 Å². The molecule has 1 aromatic rings. The van der Waals surface area contributed by atoms with Gasteiger partial charge in [0.25, 0.3) is 0 Å². The van der Waals surface area contributed by atoms with Crippen molar-refractivity contribution in [3.8, 4) is 0 Å². The van der Waals surface area contributed by atoms with Gasteiger partial charge in [-0.15, -0.1) is 0 Å². The summed E-state index contributed by atoms with van der Waals surface area (Å²) in [6.45, 7) is 0.529. The number of carbonyl (C=O) groups is 1. The minimum absolute atomic E-state index is 0.216. The zero-order valence-electron chi connectivity index (χ0n) is 11.6. The topological polar surface area (TPSA) is 20.3 Å². The van der Waals surface area contributed by atoms with Crippen molar-refractivity contribution in [1.82, 2.24) is 4.90 Å². The maximum atomic E-state index is 12.3. The lowest BCUT2D eigenvalue weighted by Crippen LogP contribution is -2.35. The number of likely N-dealkylation sites (N-methyl/N-ethyl adjacent to an activating group) is 1. The zero-order valence-corrected chi connectivity index (χ0v) is 13.2. The lowest BCUT2D eigenvalue weighted by molar-refractivity contribution is 0.0912. The molecule has 0 spiro atoms. The molecule has 0 atom stereocenters. The van der Waals surface area contributed by atoms with Crippen LogP contribution in [0.5, 0.6) is 0 Å². The molecule has 1 aliphatic rings. The third-order valence-electron chi connectivity index (χ3n) is 3.99. The van der Waals surface area contributed by atoms with E-state index in [0.29, 0.717) is 12.6 Å². The maximum absolute atomic E-state index is 12.3. The van der Waals surface area contributed by atoms with Gasteiger partial charge in [0.05, 0.1) is 6.54 Å². The lowest BCUT2D eigenvalue weighted by atomic mass is 10.1. The largest absolute Gasteiger partial charge is 0.296 e. The highest BCUT2D eigenvalue weighted by Crippen LogP contribution is 2.21. The van der Waals surface area contributed by atoms with Crippen LogP contribution < -0.4 is 0 Å². The Morgan fingerprint density at radius 2 is 1.95 bits per heavy atom. The second kappa shape index (κ2) is 7.20. The minimum atomic E-state index is 0.216. The number of ketones is 1. The second-order valence-electron chi connectivity index (χ2n) is 5.49. The molecule has 1 fully saturated rings. The summed E-state index contributed by atoms with van der Waals surface area (Å²) >= 11 is 3.42. The van der Waals surface area contributed by atoms with E-state index in [-0.39, 0.29) is 5.78 Å². The van der Waals surface area contributed by atoms with Crippen LogP contribution >= 0.6 is 15.9 Å². The summed E-state index contributed by atoms with van der Waals surface area (Å²) in [4.78, 5) is 14.5. The van der Waals surface area contributed by atoms with Gasteiger partial charge < -0.3 is 0 Å². The Hall–Kier alpha value is -0.670. The summed E-state index contributed by atoms with van der Waals surface area (Å²) < 4.78 is 0.968. The van der Waals surface area contributed by atoms with Crippen molar-refractivity contribution < 1.29 is 4.79 Å². The molecule has 0 bridgehead atoms. The first kappa shape index (κ1) is 14.7. The first-order valence-electron chi connectivity index (χ1n) is 7.16. The standard InChI is InChI=1S/C16H22BrNO/c1-18(15-9-4-2-3-5-10-15)12-16(19)13-7-6-8-14(17)11-13/h6-8,11,15H,2-5,9-10,12H2,1H3. The Morgan fingerprint density at radius 3 is 2.58 bits per heavy atom. The second-order valence-corrected chi connectivity index (χ2v) is 6.41. The van der Waals surface area contributed by atoms with Gasteiger partial charge in [0.2, 0.25) is 0 Å². The van der Waals surface area contributed by atoms with Gasteiger partial charge in [0, 0.05) is 16.1 Å². The first-order chi connectivity index (χ1) is 9.16. The van der Waals surface area contributed by atoms with Crippen molar-refractivity contribution in [3.63, 3.8) is 0 Å². The quantitative estimate of drug-likeness (QED) is 0.608. The lowest BCUT2D eigenvalue weighted by Gasteiger charge is -2.26. The molecule has 0 unspecified atom stereocenters. The number of hydrogen-bond donors (Lipinski definition) is 0. The molecule has 0 aromatic heterocycles. The van der Waals surface area contributed by atoms with Crippen molar-refractivity contribution >= 4 is 21.7 Å². The van der Waals surface area contributed by atoms with E-state index in [4.69, 9.17) is 0 Å². The number of Topliss-reactive ketones (excluding diaryl/α,β-unsaturated/α-hetero) is 1. The monoisotopic (exact) mass is 323 g/mol. The average molecular weight is 324 g/mol. The van der Waals surface area contributed by atoms with Crippen molar-refractivity contribution in [1.29, 1.82) is 0 Å². The van der Waals surface area contributed by atoms with Gasteiger partial charge in [-0.05, 0) is 32.0 Å². The van der Waals surface area contributed by atoms with Crippen LogP contribution in [-0.4, -0.2) is 30.3 Å². The van der Waals surface area contributed by atoms with Gasteiger partial charge >= 0.3 is 0 Å². The number of benzene rings is 1. The van der Waals surface area contributed by atoms with Crippen molar-refractivity contribution in [3.05, 3.63) is 34.3 Å². The Bertz CT molecular complexity index is 425.